The summed E-state index contributed by atoms with van der Waals surface area (Å²) in [7, 11) is 0. The molecule has 1 N–H and O–H groups in total. The minimum atomic E-state index is -0.530. The summed E-state index contributed by atoms with van der Waals surface area (Å²) in [6.45, 7) is 0. The van der Waals surface area contributed by atoms with Crippen LogP contribution in [0.3, 0.4) is 0 Å². The Hall–Kier alpha value is -5.37. The molecular weight excluding hydrogens is 595 g/mol. The molecule has 0 unspecified atom stereocenters. The molecule has 0 radical (unpaired) electrons. The third-order valence-electron chi connectivity index (χ3n) is 6.65. The fourth-order valence-corrected chi connectivity index (χ4v) is 4.73. The van der Waals surface area contributed by atoms with Crippen LogP contribution in [0.25, 0.3) is 33.5 Å². The molecule has 7 nitrogen and oxygen atoms in total. The van der Waals surface area contributed by atoms with Gasteiger partial charge in [0.25, 0.3) is 5.91 Å². The van der Waals surface area contributed by atoms with Crippen LogP contribution >= 0.6 is 23.2 Å². The van der Waals surface area contributed by atoms with Crippen LogP contribution in [0, 0.1) is 0 Å². The molecule has 6 rings (SSSR count). The number of benzene rings is 5. The summed E-state index contributed by atoms with van der Waals surface area (Å²) in [5.74, 6) is -0.613. The Balaban J connectivity index is 1.17. The highest BCUT2D eigenvalue weighted by molar-refractivity contribution is 6.42. The molecule has 0 aliphatic heterocycles. The van der Waals surface area contributed by atoms with Crippen molar-refractivity contribution < 1.29 is 14.3 Å². The largest absolute Gasteiger partial charge is 0.423 e. The first kappa shape index (κ1) is 28.7. The lowest BCUT2D eigenvalue weighted by molar-refractivity contribution is 0.0734. The van der Waals surface area contributed by atoms with Crippen LogP contribution in [0.15, 0.2) is 126 Å². The summed E-state index contributed by atoms with van der Waals surface area (Å²) in [4.78, 5) is 35.2. The van der Waals surface area contributed by atoms with Gasteiger partial charge in [0.15, 0.2) is 0 Å². The van der Waals surface area contributed by atoms with Gasteiger partial charge in [0.2, 0.25) is 0 Å². The first-order chi connectivity index (χ1) is 21.4. The van der Waals surface area contributed by atoms with Crippen LogP contribution in [0.5, 0.6) is 5.75 Å². The molecule has 0 saturated carbocycles. The van der Waals surface area contributed by atoms with Crippen LogP contribution in [0.4, 0.5) is 0 Å². The third kappa shape index (κ3) is 6.49. The minimum absolute atomic E-state index is 0.277. The van der Waals surface area contributed by atoms with E-state index < -0.39 is 11.9 Å². The molecule has 1 amide bonds. The lowest BCUT2D eigenvalue weighted by Crippen LogP contribution is -2.17. The highest BCUT2D eigenvalue weighted by atomic mass is 35.5. The number of rotatable bonds is 7. The second-order valence-corrected chi connectivity index (χ2v) is 10.5. The van der Waals surface area contributed by atoms with Gasteiger partial charge in [-0.05, 0) is 66.2 Å². The number of esters is 1. The van der Waals surface area contributed by atoms with Crippen LogP contribution in [-0.2, 0) is 0 Å². The number of fused-ring (bicyclic) bond motifs is 1. The van der Waals surface area contributed by atoms with E-state index in [2.05, 4.69) is 10.5 Å². The molecule has 5 aromatic carbocycles. The van der Waals surface area contributed by atoms with Crippen molar-refractivity contribution in [2.45, 2.75) is 0 Å². The molecular formula is C35H22Cl2N4O3. The smallest absolute Gasteiger partial charge is 0.343 e. The van der Waals surface area contributed by atoms with E-state index in [1.54, 1.807) is 48.5 Å². The van der Waals surface area contributed by atoms with E-state index >= 15 is 0 Å². The predicted octanol–water partition coefficient (Wildman–Crippen LogP) is 8.25. The number of nitrogens with one attached hydrogen (secondary N) is 1. The SMILES string of the molecule is O=C(N/N=C\c1ccc(OC(=O)c2ccc3nc(-c4ccccc4)c(-c4ccccc4)nc3c2)cc1)c1ccc(Cl)c(Cl)c1. The number of nitrogens with zero attached hydrogens (tertiary/aromatic N) is 3. The van der Waals surface area contributed by atoms with Crippen LogP contribution in [0.1, 0.15) is 26.3 Å². The van der Waals surface area contributed by atoms with Gasteiger partial charge in [0.05, 0.1) is 44.2 Å². The van der Waals surface area contributed by atoms with Gasteiger partial charge in [-0.15, -0.1) is 0 Å². The molecule has 0 aliphatic carbocycles. The zero-order valence-corrected chi connectivity index (χ0v) is 24.5. The second kappa shape index (κ2) is 12.9. The number of halogens is 2. The van der Waals surface area contributed by atoms with Crippen molar-refractivity contribution in [3.8, 4) is 28.3 Å². The number of aromatic nitrogens is 2. The Morgan fingerprint density at radius 2 is 1.27 bits per heavy atom. The first-order valence-corrected chi connectivity index (χ1v) is 14.2. The van der Waals surface area contributed by atoms with Crippen molar-refractivity contribution in [3.05, 3.63) is 148 Å². The molecule has 0 fully saturated rings. The van der Waals surface area contributed by atoms with Gasteiger partial charge in [0.1, 0.15) is 5.75 Å². The van der Waals surface area contributed by atoms with Crippen molar-refractivity contribution in [1.29, 1.82) is 0 Å². The lowest BCUT2D eigenvalue weighted by atomic mass is 10.0. The number of hydrogen-bond donors (Lipinski definition) is 1. The molecule has 0 spiro atoms. The highest BCUT2D eigenvalue weighted by Crippen LogP contribution is 2.31. The topological polar surface area (TPSA) is 93.5 Å². The Kier molecular flexibility index (Phi) is 8.41. The number of carbonyl (C=O) groups excluding carboxylic acids is 2. The normalized spacial score (nSPS) is 11.0. The third-order valence-corrected chi connectivity index (χ3v) is 7.39. The van der Waals surface area contributed by atoms with Gasteiger partial charge in [-0.3, -0.25) is 4.79 Å². The van der Waals surface area contributed by atoms with E-state index in [0.717, 1.165) is 22.5 Å². The van der Waals surface area contributed by atoms with Crippen LogP contribution < -0.4 is 10.2 Å². The lowest BCUT2D eigenvalue weighted by Gasteiger charge is -2.11. The molecule has 0 bridgehead atoms. The van der Waals surface area contributed by atoms with Gasteiger partial charge >= 0.3 is 5.97 Å². The zero-order valence-electron chi connectivity index (χ0n) is 22.9. The fraction of sp³-hybridized carbons (Fsp3) is 0. The highest BCUT2D eigenvalue weighted by Gasteiger charge is 2.16. The molecule has 0 aliphatic rings. The molecule has 44 heavy (non-hydrogen) atoms. The molecule has 0 saturated heterocycles. The Bertz CT molecular complexity index is 2020. The standard InChI is InChI=1S/C35H22Cl2N4O3/c36-28-17-13-25(19-29(28)37)34(42)41-38-21-22-11-15-27(16-12-22)44-35(43)26-14-18-30-31(20-26)40-33(24-9-5-2-6-10-24)32(39-30)23-7-3-1-4-8-23/h1-21H,(H,41,42)/b38-21-. The summed E-state index contributed by atoms with van der Waals surface area (Å²) in [5, 5.41) is 4.61. The maximum Gasteiger partial charge on any atom is 0.343 e. The van der Waals surface area contributed by atoms with E-state index in [9.17, 15) is 9.59 Å². The first-order valence-electron chi connectivity index (χ1n) is 13.5. The zero-order chi connectivity index (χ0) is 30.5. The monoisotopic (exact) mass is 616 g/mol. The minimum Gasteiger partial charge on any atom is -0.423 e. The summed E-state index contributed by atoms with van der Waals surface area (Å²) in [5.41, 5.74) is 8.38. The maximum absolute atomic E-state index is 13.1. The second-order valence-electron chi connectivity index (χ2n) is 9.64. The molecule has 1 heterocycles. The summed E-state index contributed by atoms with van der Waals surface area (Å²) >= 11 is 11.9. The summed E-state index contributed by atoms with van der Waals surface area (Å²) in [6.07, 6.45) is 1.47. The number of ether oxygens (including phenoxy) is 1. The quantitative estimate of drug-likeness (QED) is 0.0843. The van der Waals surface area contributed by atoms with E-state index in [1.165, 1.54) is 18.3 Å². The van der Waals surface area contributed by atoms with Crippen LogP contribution in [0.2, 0.25) is 10.0 Å². The van der Waals surface area contributed by atoms with Gasteiger partial charge in [-0.25, -0.2) is 20.2 Å². The van der Waals surface area contributed by atoms with Gasteiger partial charge in [0, 0.05) is 16.7 Å². The van der Waals surface area contributed by atoms with Gasteiger partial charge < -0.3 is 4.74 Å². The molecule has 214 valence electrons. The molecule has 9 heteroatoms. The van der Waals surface area contributed by atoms with E-state index in [4.69, 9.17) is 37.9 Å². The van der Waals surface area contributed by atoms with Crippen molar-refractivity contribution in [2.24, 2.45) is 5.10 Å². The average molecular weight is 617 g/mol. The number of hydrogen-bond acceptors (Lipinski definition) is 6. The molecule has 0 atom stereocenters. The number of carbonyl (C=O) groups is 2. The van der Waals surface area contributed by atoms with Crippen molar-refractivity contribution in [3.63, 3.8) is 0 Å². The van der Waals surface area contributed by atoms with Crippen molar-refractivity contribution >= 4 is 52.3 Å². The molecule has 6 aromatic rings. The Labute approximate surface area is 262 Å². The maximum atomic E-state index is 13.1. The van der Waals surface area contributed by atoms with Crippen LogP contribution in [-0.4, -0.2) is 28.1 Å². The number of amides is 1. The summed E-state index contributed by atoms with van der Waals surface area (Å²) < 4.78 is 5.61. The van der Waals surface area contributed by atoms with Crippen molar-refractivity contribution in [2.75, 3.05) is 0 Å². The number of hydrazone groups is 1. The van der Waals surface area contributed by atoms with Crippen molar-refractivity contribution in [1.82, 2.24) is 15.4 Å². The van der Waals surface area contributed by atoms with E-state index in [-0.39, 0.29) is 5.02 Å². The predicted molar refractivity (Wildman–Crippen MR) is 173 cm³/mol. The van der Waals surface area contributed by atoms with E-state index in [1.807, 2.05) is 60.7 Å². The van der Waals surface area contributed by atoms with Gasteiger partial charge in [-0.1, -0.05) is 83.9 Å². The fourth-order valence-electron chi connectivity index (χ4n) is 4.43. The Morgan fingerprint density at radius 1 is 0.659 bits per heavy atom. The summed E-state index contributed by atoms with van der Waals surface area (Å²) in [6, 6.07) is 36.1. The van der Waals surface area contributed by atoms with E-state index in [0.29, 0.717) is 38.5 Å². The Morgan fingerprint density at radius 3 is 1.91 bits per heavy atom. The average Bonchev–Trinajstić information content (AvgIpc) is 3.06. The van der Waals surface area contributed by atoms with Gasteiger partial charge in [-0.2, -0.15) is 5.10 Å². The molecule has 1 aromatic heterocycles.